The minimum absolute atomic E-state index is 0. The summed E-state index contributed by atoms with van der Waals surface area (Å²) in [7, 11) is 3.24. The summed E-state index contributed by atoms with van der Waals surface area (Å²) >= 11 is 1.42. The van der Waals surface area contributed by atoms with Crippen molar-refractivity contribution in [3.8, 4) is 11.5 Å². The van der Waals surface area contributed by atoms with Crippen LogP contribution < -0.4 is 27.6 Å². The maximum Gasteiger partial charge on any atom is 0.159 e. The molecule has 2 rings (SSSR count). The van der Waals surface area contributed by atoms with Gasteiger partial charge in [-0.15, -0.1) is 0 Å². The summed E-state index contributed by atoms with van der Waals surface area (Å²) in [6, 6.07) is 11.2. The third kappa shape index (κ3) is 5.13. The van der Waals surface area contributed by atoms with Gasteiger partial charge >= 0.3 is 0 Å². The van der Waals surface area contributed by atoms with E-state index in [4.69, 9.17) is 15.2 Å². The number of hydrogen-bond donors (Lipinski definition) is 1. The summed E-state index contributed by atoms with van der Waals surface area (Å²) in [6.45, 7) is 0. The molecular formula is C15H17ClN3O2S-. The van der Waals surface area contributed by atoms with Crippen LogP contribution >= 0.6 is 11.8 Å². The first-order valence-electron chi connectivity index (χ1n) is 6.32. The summed E-state index contributed by atoms with van der Waals surface area (Å²) < 4.78 is 10.4. The third-order valence-electron chi connectivity index (χ3n) is 2.71. The van der Waals surface area contributed by atoms with Crippen LogP contribution in [0.1, 0.15) is 5.69 Å². The summed E-state index contributed by atoms with van der Waals surface area (Å²) in [5.41, 5.74) is 7.54. The molecule has 2 N–H and O–H groups in total. The van der Waals surface area contributed by atoms with Crippen molar-refractivity contribution in [2.24, 2.45) is 10.7 Å². The minimum atomic E-state index is 0. The molecule has 0 saturated heterocycles. The zero-order valence-corrected chi connectivity index (χ0v) is 13.9. The van der Waals surface area contributed by atoms with E-state index < -0.39 is 0 Å². The molecule has 0 aliphatic heterocycles. The molecule has 0 bridgehead atoms. The number of benzene rings is 1. The maximum absolute atomic E-state index is 5.95. The van der Waals surface area contributed by atoms with Crippen molar-refractivity contribution in [2.45, 2.75) is 5.75 Å². The van der Waals surface area contributed by atoms with Gasteiger partial charge in [0.1, 0.15) is 17.2 Å². The Morgan fingerprint density at radius 3 is 2.73 bits per heavy atom. The SMILES string of the molecule is COc1ccnc(CSC(N)=Nc2ccccc2OC)c1.[Cl-]. The first kappa shape index (κ1) is 18.1. The molecule has 0 radical (unpaired) electrons. The highest BCUT2D eigenvalue weighted by molar-refractivity contribution is 8.13. The lowest BCUT2D eigenvalue weighted by Crippen LogP contribution is -3.00. The van der Waals surface area contributed by atoms with Crippen molar-refractivity contribution >= 4 is 22.6 Å². The molecule has 0 fully saturated rings. The number of methoxy groups -OCH3 is 2. The molecule has 0 unspecified atom stereocenters. The molecule has 0 spiro atoms. The van der Waals surface area contributed by atoms with Crippen molar-refractivity contribution in [3.63, 3.8) is 0 Å². The van der Waals surface area contributed by atoms with E-state index in [1.807, 2.05) is 30.3 Å². The van der Waals surface area contributed by atoms with E-state index >= 15 is 0 Å². The Labute approximate surface area is 140 Å². The molecule has 0 atom stereocenters. The number of halogens is 1. The fourth-order valence-electron chi connectivity index (χ4n) is 1.68. The molecule has 0 aliphatic rings. The van der Waals surface area contributed by atoms with Crippen LogP contribution in [-0.2, 0) is 5.75 Å². The molecule has 0 amide bonds. The van der Waals surface area contributed by atoms with E-state index in [0.717, 1.165) is 11.4 Å². The lowest BCUT2D eigenvalue weighted by molar-refractivity contribution is -0.00000507. The van der Waals surface area contributed by atoms with Crippen LogP contribution in [0.5, 0.6) is 11.5 Å². The Morgan fingerprint density at radius 2 is 2.00 bits per heavy atom. The van der Waals surface area contributed by atoms with Gasteiger partial charge in [0.05, 0.1) is 19.9 Å². The maximum atomic E-state index is 5.95. The molecule has 22 heavy (non-hydrogen) atoms. The summed E-state index contributed by atoms with van der Waals surface area (Å²) in [4.78, 5) is 8.62. The molecule has 1 aromatic heterocycles. The van der Waals surface area contributed by atoms with Crippen LogP contribution in [0, 0.1) is 0 Å². The fourth-order valence-corrected chi connectivity index (χ4v) is 2.30. The van der Waals surface area contributed by atoms with Crippen molar-refractivity contribution < 1.29 is 21.9 Å². The van der Waals surface area contributed by atoms with Crippen LogP contribution in [0.25, 0.3) is 0 Å². The van der Waals surface area contributed by atoms with E-state index in [1.165, 1.54) is 11.8 Å². The number of hydrogen-bond acceptors (Lipinski definition) is 5. The highest BCUT2D eigenvalue weighted by Gasteiger charge is 2.03. The first-order valence-corrected chi connectivity index (χ1v) is 7.30. The molecular weight excluding hydrogens is 322 g/mol. The zero-order valence-electron chi connectivity index (χ0n) is 12.3. The highest BCUT2D eigenvalue weighted by Crippen LogP contribution is 2.27. The monoisotopic (exact) mass is 338 g/mol. The first-order chi connectivity index (χ1) is 10.2. The predicted molar refractivity (Wildman–Crippen MR) is 86.4 cm³/mol. The minimum Gasteiger partial charge on any atom is -1.00 e. The number of pyridine rings is 1. The third-order valence-corrected chi connectivity index (χ3v) is 3.53. The molecule has 0 saturated carbocycles. The Morgan fingerprint density at radius 1 is 1.23 bits per heavy atom. The van der Waals surface area contributed by atoms with Gasteiger partial charge in [0.2, 0.25) is 0 Å². The van der Waals surface area contributed by atoms with Crippen LogP contribution in [0.3, 0.4) is 0 Å². The average Bonchev–Trinajstić information content (AvgIpc) is 2.53. The quantitative estimate of drug-likeness (QED) is 0.613. The van der Waals surface area contributed by atoms with Gasteiger partial charge in [-0.05, 0) is 18.2 Å². The van der Waals surface area contributed by atoms with Crippen LogP contribution in [0.2, 0.25) is 0 Å². The van der Waals surface area contributed by atoms with Crippen LogP contribution in [0.4, 0.5) is 5.69 Å². The van der Waals surface area contributed by atoms with Crippen LogP contribution in [-0.4, -0.2) is 24.4 Å². The highest BCUT2D eigenvalue weighted by atomic mass is 35.5. The topological polar surface area (TPSA) is 69.7 Å². The van der Waals surface area contributed by atoms with Crippen molar-refractivity contribution in [3.05, 3.63) is 48.3 Å². The second-order valence-electron chi connectivity index (χ2n) is 4.10. The lowest BCUT2D eigenvalue weighted by Gasteiger charge is -2.06. The number of aliphatic imine (C=N–C) groups is 1. The van der Waals surface area contributed by atoms with Crippen molar-refractivity contribution in [1.29, 1.82) is 0 Å². The summed E-state index contributed by atoms with van der Waals surface area (Å²) in [5.74, 6) is 2.10. The second kappa shape index (κ2) is 9.17. The molecule has 1 heterocycles. The van der Waals surface area contributed by atoms with Gasteiger partial charge in [0.15, 0.2) is 5.17 Å². The Balaban J connectivity index is 0.00000242. The second-order valence-corrected chi connectivity index (χ2v) is 5.09. The van der Waals surface area contributed by atoms with Gasteiger partial charge in [-0.2, -0.15) is 0 Å². The van der Waals surface area contributed by atoms with Crippen LogP contribution in [0.15, 0.2) is 47.6 Å². The van der Waals surface area contributed by atoms with E-state index in [9.17, 15) is 0 Å². The number of nitrogens with zero attached hydrogens (tertiary/aromatic N) is 2. The fraction of sp³-hybridized carbons (Fsp3) is 0.200. The molecule has 1 aromatic carbocycles. The van der Waals surface area contributed by atoms with Crippen molar-refractivity contribution in [1.82, 2.24) is 4.98 Å². The number of rotatable bonds is 5. The lowest BCUT2D eigenvalue weighted by atomic mass is 10.3. The van der Waals surface area contributed by atoms with Crippen molar-refractivity contribution in [2.75, 3.05) is 14.2 Å². The number of amidine groups is 1. The average molecular weight is 339 g/mol. The van der Waals surface area contributed by atoms with Gasteiger partial charge in [-0.25, -0.2) is 4.99 Å². The molecule has 7 heteroatoms. The number of thioether (sulfide) groups is 1. The van der Waals surface area contributed by atoms with Gasteiger partial charge < -0.3 is 27.6 Å². The molecule has 0 aliphatic carbocycles. The number of ether oxygens (including phenoxy) is 2. The smallest absolute Gasteiger partial charge is 0.159 e. The summed E-state index contributed by atoms with van der Waals surface area (Å²) in [6.07, 6.45) is 1.71. The van der Waals surface area contributed by atoms with E-state index in [2.05, 4.69) is 9.98 Å². The van der Waals surface area contributed by atoms with Gasteiger partial charge in [0.25, 0.3) is 0 Å². The van der Waals surface area contributed by atoms with Gasteiger partial charge in [-0.1, -0.05) is 23.9 Å². The van der Waals surface area contributed by atoms with E-state index in [-0.39, 0.29) is 12.4 Å². The van der Waals surface area contributed by atoms with Gasteiger partial charge in [0, 0.05) is 18.0 Å². The number of para-hydroxylation sites is 2. The van der Waals surface area contributed by atoms with E-state index in [0.29, 0.717) is 22.4 Å². The molecule has 5 nitrogen and oxygen atoms in total. The molecule has 2 aromatic rings. The Bertz CT molecular complexity index is 638. The largest absolute Gasteiger partial charge is 1.00 e. The molecule has 118 valence electrons. The Kier molecular flexibility index (Phi) is 7.56. The standard InChI is InChI=1S/C15H17N3O2S.ClH/c1-19-12-7-8-17-11(9-12)10-21-15(16)18-13-5-3-4-6-14(13)20-2;/h3-9H,10H2,1-2H3,(H2,16,18);1H/p-1. The number of nitrogens with two attached hydrogens (primary N) is 1. The summed E-state index contributed by atoms with van der Waals surface area (Å²) in [5, 5.41) is 0.462. The number of aromatic nitrogens is 1. The zero-order chi connectivity index (χ0) is 15.1. The van der Waals surface area contributed by atoms with E-state index in [1.54, 1.807) is 26.5 Å². The predicted octanol–water partition coefficient (Wildman–Crippen LogP) is -0.0176. The Hall–Kier alpha value is -1.92. The normalized spacial score (nSPS) is 10.7. The van der Waals surface area contributed by atoms with Gasteiger partial charge in [-0.3, -0.25) is 4.98 Å².